The molecule has 1 fully saturated rings. The van der Waals surface area contributed by atoms with Crippen LogP contribution in [0.3, 0.4) is 0 Å². The zero-order chi connectivity index (χ0) is 8.32. The SMILES string of the molecule is C[N+](C)(C)C1CCCCCC1.[I-]. The van der Waals surface area contributed by atoms with Crippen LogP contribution >= 0.6 is 0 Å². The normalized spacial score (nSPS) is 21.2. The molecule has 1 rings (SSSR count). The van der Waals surface area contributed by atoms with Crippen LogP contribution in [0.2, 0.25) is 0 Å². The first-order valence-electron chi connectivity index (χ1n) is 4.92. The lowest BCUT2D eigenvalue weighted by molar-refractivity contribution is -0.896. The van der Waals surface area contributed by atoms with Gasteiger partial charge in [-0.3, -0.25) is 0 Å². The highest BCUT2D eigenvalue weighted by atomic mass is 127. The molecule has 0 aromatic heterocycles. The first kappa shape index (κ1) is 12.7. The third-order valence-corrected chi connectivity index (χ3v) is 2.92. The molecule has 1 saturated carbocycles. The van der Waals surface area contributed by atoms with E-state index in [0.717, 1.165) is 6.04 Å². The van der Waals surface area contributed by atoms with E-state index in [4.69, 9.17) is 0 Å². The Bertz CT molecular complexity index is 109. The third kappa shape index (κ3) is 4.08. The molecule has 0 radical (unpaired) electrons. The molecule has 1 nitrogen and oxygen atoms in total. The molecule has 0 aromatic carbocycles. The van der Waals surface area contributed by atoms with Crippen molar-refractivity contribution in [2.24, 2.45) is 0 Å². The number of quaternary nitrogens is 1. The standard InChI is InChI=1S/C10H22N.HI/c1-11(2,3)10-8-6-4-5-7-9-10;/h10H,4-9H2,1-3H3;1H/q+1;/p-1. The second-order valence-corrected chi connectivity index (χ2v) is 4.76. The van der Waals surface area contributed by atoms with Gasteiger partial charge in [0.25, 0.3) is 0 Å². The molecule has 1 aliphatic rings. The quantitative estimate of drug-likeness (QED) is 0.343. The maximum Gasteiger partial charge on any atom is 0.0884 e. The van der Waals surface area contributed by atoms with Crippen LogP contribution in [0.5, 0.6) is 0 Å². The molecule has 1 aliphatic carbocycles. The summed E-state index contributed by atoms with van der Waals surface area (Å²) in [6, 6.07) is 0.928. The second-order valence-electron chi connectivity index (χ2n) is 4.76. The van der Waals surface area contributed by atoms with E-state index >= 15 is 0 Å². The van der Waals surface area contributed by atoms with Crippen molar-refractivity contribution in [1.82, 2.24) is 0 Å². The van der Waals surface area contributed by atoms with E-state index in [1.165, 1.54) is 43.0 Å². The first-order valence-corrected chi connectivity index (χ1v) is 4.92. The molecular formula is C10H22IN. The Morgan fingerprint density at radius 2 is 1.25 bits per heavy atom. The highest BCUT2D eigenvalue weighted by Crippen LogP contribution is 2.23. The van der Waals surface area contributed by atoms with Crippen molar-refractivity contribution in [3.05, 3.63) is 0 Å². The summed E-state index contributed by atoms with van der Waals surface area (Å²) in [7, 11) is 6.99. The van der Waals surface area contributed by atoms with Crippen LogP contribution < -0.4 is 24.0 Å². The minimum Gasteiger partial charge on any atom is -1.00 e. The highest BCUT2D eigenvalue weighted by molar-refractivity contribution is 4.63. The maximum absolute atomic E-state index is 2.33. The molecule has 0 spiro atoms. The molecule has 0 atom stereocenters. The Labute approximate surface area is 94.1 Å². The van der Waals surface area contributed by atoms with E-state index in [1.54, 1.807) is 0 Å². The van der Waals surface area contributed by atoms with Crippen LogP contribution in [0, 0.1) is 0 Å². The lowest BCUT2D eigenvalue weighted by atomic mass is 10.1. The average molecular weight is 283 g/mol. The van der Waals surface area contributed by atoms with Crippen LogP contribution in [0.1, 0.15) is 38.5 Å². The Morgan fingerprint density at radius 1 is 0.833 bits per heavy atom. The van der Waals surface area contributed by atoms with Crippen LogP contribution in [0.4, 0.5) is 0 Å². The highest BCUT2D eigenvalue weighted by Gasteiger charge is 2.23. The van der Waals surface area contributed by atoms with Gasteiger partial charge in [0, 0.05) is 0 Å². The zero-order valence-corrected chi connectivity index (χ0v) is 10.8. The van der Waals surface area contributed by atoms with Crippen molar-refractivity contribution in [1.29, 1.82) is 0 Å². The van der Waals surface area contributed by atoms with Crippen LogP contribution in [0.25, 0.3) is 0 Å². The first-order chi connectivity index (χ1) is 5.11. The van der Waals surface area contributed by atoms with Crippen LogP contribution in [-0.4, -0.2) is 31.7 Å². The predicted octanol–water partition coefficient (Wildman–Crippen LogP) is -0.581. The summed E-state index contributed by atoms with van der Waals surface area (Å²) in [4.78, 5) is 0. The second kappa shape index (κ2) is 5.43. The molecule has 0 bridgehead atoms. The van der Waals surface area contributed by atoms with Crippen molar-refractivity contribution < 1.29 is 28.5 Å². The van der Waals surface area contributed by atoms with Gasteiger partial charge < -0.3 is 28.5 Å². The van der Waals surface area contributed by atoms with Gasteiger partial charge in [0.2, 0.25) is 0 Å². The molecular weight excluding hydrogens is 261 g/mol. The van der Waals surface area contributed by atoms with E-state index in [0.29, 0.717) is 0 Å². The van der Waals surface area contributed by atoms with Crippen molar-refractivity contribution in [2.75, 3.05) is 21.1 Å². The Hall–Kier alpha value is 0.690. The van der Waals surface area contributed by atoms with Gasteiger partial charge in [0.05, 0.1) is 27.2 Å². The topological polar surface area (TPSA) is 0 Å². The fraction of sp³-hybridized carbons (Fsp3) is 1.00. The zero-order valence-electron chi connectivity index (χ0n) is 8.65. The van der Waals surface area contributed by atoms with Crippen molar-refractivity contribution in [3.63, 3.8) is 0 Å². The predicted molar refractivity (Wildman–Crippen MR) is 49.5 cm³/mol. The molecule has 0 heterocycles. The molecule has 2 heteroatoms. The van der Waals surface area contributed by atoms with Gasteiger partial charge in [0.15, 0.2) is 0 Å². The molecule has 0 aromatic rings. The molecule has 0 unspecified atom stereocenters. The van der Waals surface area contributed by atoms with E-state index in [-0.39, 0.29) is 24.0 Å². The van der Waals surface area contributed by atoms with Crippen LogP contribution in [0.15, 0.2) is 0 Å². The van der Waals surface area contributed by atoms with Gasteiger partial charge >= 0.3 is 0 Å². The van der Waals surface area contributed by atoms with Crippen molar-refractivity contribution in [2.45, 2.75) is 44.6 Å². The Balaban J connectivity index is 0.00000121. The summed E-state index contributed by atoms with van der Waals surface area (Å²) < 4.78 is 1.17. The molecule has 0 aliphatic heterocycles. The molecule has 74 valence electrons. The Kier molecular flexibility index (Phi) is 5.74. The largest absolute Gasteiger partial charge is 1.00 e. The van der Waals surface area contributed by atoms with Crippen molar-refractivity contribution in [3.8, 4) is 0 Å². The van der Waals surface area contributed by atoms with E-state index in [1.807, 2.05) is 0 Å². The van der Waals surface area contributed by atoms with Gasteiger partial charge in [-0.25, -0.2) is 0 Å². The number of rotatable bonds is 1. The summed E-state index contributed by atoms with van der Waals surface area (Å²) in [5, 5.41) is 0. The van der Waals surface area contributed by atoms with Gasteiger partial charge in [-0.1, -0.05) is 12.8 Å². The number of hydrogen-bond acceptors (Lipinski definition) is 0. The van der Waals surface area contributed by atoms with E-state index in [9.17, 15) is 0 Å². The fourth-order valence-corrected chi connectivity index (χ4v) is 2.03. The average Bonchev–Trinajstić information content (AvgIpc) is 2.10. The minimum atomic E-state index is 0. The van der Waals surface area contributed by atoms with Gasteiger partial charge in [-0.2, -0.15) is 0 Å². The third-order valence-electron chi connectivity index (χ3n) is 2.92. The monoisotopic (exact) mass is 283 g/mol. The lowest BCUT2D eigenvalue weighted by Crippen LogP contribution is -3.00. The lowest BCUT2D eigenvalue weighted by Gasteiger charge is -2.33. The molecule has 12 heavy (non-hydrogen) atoms. The van der Waals surface area contributed by atoms with Gasteiger partial charge in [0.1, 0.15) is 0 Å². The summed E-state index contributed by atoms with van der Waals surface area (Å²) in [5.41, 5.74) is 0. The van der Waals surface area contributed by atoms with Gasteiger partial charge in [-0.15, -0.1) is 0 Å². The minimum absolute atomic E-state index is 0. The van der Waals surface area contributed by atoms with E-state index in [2.05, 4.69) is 21.1 Å². The number of hydrogen-bond donors (Lipinski definition) is 0. The number of halogens is 1. The van der Waals surface area contributed by atoms with E-state index < -0.39 is 0 Å². The summed E-state index contributed by atoms with van der Waals surface area (Å²) >= 11 is 0. The van der Waals surface area contributed by atoms with Crippen molar-refractivity contribution >= 4 is 0 Å². The maximum atomic E-state index is 2.33. The molecule has 0 saturated heterocycles. The number of nitrogens with zero attached hydrogens (tertiary/aromatic N) is 1. The molecule has 0 N–H and O–H groups in total. The molecule has 0 amide bonds. The fourth-order valence-electron chi connectivity index (χ4n) is 2.03. The Morgan fingerprint density at radius 3 is 1.58 bits per heavy atom. The van der Waals surface area contributed by atoms with Crippen LogP contribution in [-0.2, 0) is 0 Å². The summed E-state index contributed by atoms with van der Waals surface area (Å²) in [6.07, 6.45) is 8.75. The smallest absolute Gasteiger partial charge is 0.0884 e. The summed E-state index contributed by atoms with van der Waals surface area (Å²) in [5.74, 6) is 0. The summed E-state index contributed by atoms with van der Waals surface area (Å²) in [6.45, 7) is 0. The van der Waals surface area contributed by atoms with Gasteiger partial charge in [-0.05, 0) is 25.7 Å².